The van der Waals surface area contributed by atoms with Crippen molar-refractivity contribution in [2.45, 2.75) is 18.6 Å². The van der Waals surface area contributed by atoms with Crippen LogP contribution in [0.25, 0.3) is 10.1 Å². The summed E-state index contributed by atoms with van der Waals surface area (Å²) in [5, 5.41) is 3.83. The molecule has 0 aliphatic carbocycles. The van der Waals surface area contributed by atoms with Gasteiger partial charge in [-0.3, -0.25) is 4.79 Å². The average Bonchev–Trinajstić information content (AvgIpc) is 3.19. The fourth-order valence-corrected chi connectivity index (χ4v) is 5.20. The molecule has 0 bridgehead atoms. The van der Waals surface area contributed by atoms with Crippen molar-refractivity contribution in [3.63, 3.8) is 0 Å². The Kier molecular flexibility index (Phi) is 6.85. The lowest BCUT2D eigenvalue weighted by Crippen LogP contribution is -2.27. The number of hydrogen-bond acceptors (Lipinski definition) is 5. The number of carbonyl (C=O) groups is 1. The zero-order chi connectivity index (χ0) is 25.5. The maximum absolute atomic E-state index is 13.4. The number of ether oxygens (including phenoxy) is 1. The zero-order valence-electron chi connectivity index (χ0n) is 18.9. The van der Waals surface area contributed by atoms with Crippen LogP contribution in [-0.2, 0) is 14.6 Å². The third-order valence-electron chi connectivity index (χ3n) is 5.62. The first-order valence-corrected chi connectivity index (χ1v) is 13.8. The Balaban J connectivity index is 1.57. The summed E-state index contributed by atoms with van der Waals surface area (Å²) in [5.41, 5.74) is 1.05. The molecule has 0 fully saturated rings. The van der Waals surface area contributed by atoms with Crippen molar-refractivity contribution in [2.75, 3.05) is 11.6 Å². The maximum Gasteiger partial charge on any atom is 0.265 e. The Labute approximate surface area is 216 Å². The number of anilines is 1. The molecule has 0 saturated carbocycles. The van der Waals surface area contributed by atoms with Crippen molar-refractivity contribution in [1.82, 2.24) is 0 Å². The van der Waals surface area contributed by atoms with E-state index in [4.69, 9.17) is 27.9 Å². The van der Waals surface area contributed by atoms with Crippen LogP contribution < -0.4 is 10.1 Å². The number of nitrogens with one attached hydrogen (secondary N) is 1. The van der Waals surface area contributed by atoms with Crippen LogP contribution in [0.15, 0.2) is 60.7 Å². The van der Waals surface area contributed by atoms with Crippen LogP contribution >= 0.6 is 34.5 Å². The monoisotopic (exact) mass is 551 g/mol. The minimum atomic E-state index is -3.34. The molecule has 1 N–H and O–H groups in total. The second-order valence-corrected chi connectivity index (χ2v) is 12.9. The van der Waals surface area contributed by atoms with Gasteiger partial charge in [0, 0.05) is 33.8 Å². The minimum absolute atomic E-state index is 0.0779. The summed E-state index contributed by atoms with van der Waals surface area (Å²) in [5.74, 6) is -0.269. The standard InChI is InChI=1S/C25H20Cl2FNO4S2/c1-25(2,35(3,31)32)15-4-7-22-14(8-15)9-23(34-22)24(30)29-17-10-16(26)11-19(12-17)33-18-5-6-21(28)20(27)13-18/h4-13H,1-3H3,(H,29,30). The molecule has 0 aliphatic heterocycles. The number of carbonyl (C=O) groups excluding carboxylic acids is 1. The Bertz CT molecular complexity index is 1570. The maximum atomic E-state index is 13.4. The highest BCUT2D eigenvalue weighted by Crippen LogP contribution is 2.35. The topological polar surface area (TPSA) is 72.5 Å². The molecule has 10 heteroatoms. The van der Waals surface area contributed by atoms with Crippen molar-refractivity contribution in [3.8, 4) is 11.5 Å². The van der Waals surface area contributed by atoms with Crippen LogP contribution in [0.4, 0.5) is 10.1 Å². The number of halogens is 3. The molecule has 1 aromatic heterocycles. The van der Waals surface area contributed by atoms with Gasteiger partial charge in [-0.2, -0.15) is 0 Å². The number of thiophene rings is 1. The van der Waals surface area contributed by atoms with Gasteiger partial charge in [0.1, 0.15) is 17.3 Å². The number of amides is 1. The van der Waals surface area contributed by atoms with Crippen molar-refractivity contribution in [2.24, 2.45) is 0 Å². The molecular formula is C25H20Cl2FNO4S2. The molecule has 0 saturated heterocycles. The van der Waals surface area contributed by atoms with E-state index < -0.39 is 20.4 Å². The number of fused-ring (bicyclic) bond motifs is 1. The summed E-state index contributed by atoms with van der Waals surface area (Å²) in [6.45, 7) is 3.31. The molecule has 5 nitrogen and oxygen atoms in total. The quantitative estimate of drug-likeness (QED) is 0.266. The van der Waals surface area contributed by atoms with Crippen molar-refractivity contribution in [3.05, 3.63) is 87.0 Å². The van der Waals surface area contributed by atoms with Gasteiger partial charge in [0.05, 0.1) is 14.6 Å². The van der Waals surface area contributed by atoms with Crippen LogP contribution in [-0.4, -0.2) is 20.6 Å². The van der Waals surface area contributed by atoms with Gasteiger partial charge in [-0.05, 0) is 67.3 Å². The van der Waals surface area contributed by atoms with Crippen LogP contribution in [0.1, 0.15) is 29.1 Å². The van der Waals surface area contributed by atoms with Gasteiger partial charge in [-0.1, -0.05) is 29.3 Å². The first kappa shape index (κ1) is 25.4. The van der Waals surface area contributed by atoms with E-state index in [0.717, 1.165) is 10.1 Å². The predicted molar refractivity (Wildman–Crippen MR) is 141 cm³/mol. The molecule has 0 unspecified atom stereocenters. The van der Waals surface area contributed by atoms with Crippen LogP contribution in [0.3, 0.4) is 0 Å². The Morgan fingerprint density at radius 3 is 2.43 bits per heavy atom. The second-order valence-electron chi connectivity index (χ2n) is 8.45. The molecular weight excluding hydrogens is 532 g/mol. The molecule has 1 heterocycles. The molecule has 0 spiro atoms. The molecule has 4 rings (SSSR count). The lowest BCUT2D eigenvalue weighted by molar-refractivity contribution is 0.103. The third kappa shape index (κ3) is 5.46. The van der Waals surface area contributed by atoms with Crippen molar-refractivity contribution >= 4 is 66.1 Å². The van der Waals surface area contributed by atoms with Crippen LogP contribution in [0, 0.1) is 5.82 Å². The lowest BCUT2D eigenvalue weighted by atomic mass is 10.0. The number of rotatable bonds is 6. The summed E-state index contributed by atoms with van der Waals surface area (Å²) < 4.78 is 43.3. The first-order chi connectivity index (χ1) is 16.3. The van der Waals surface area contributed by atoms with Gasteiger partial charge in [0.25, 0.3) is 5.91 Å². The van der Waals surface area contributed by atoms with E-state index in [9.17, 15) is 17.6 Å². The number of sulfone groups is 1. The predicted octanol–water partition coefficient (Wildman–Crippen LogP) is 7.67. The SMILES string of the molecule is CC(C)(c1ccc2sc(C(=O)Nc3cc(Cl)cc(Oc4ccc(F)c(Cl)c4)c3)cc2c1)S(C)(=O)=O. The van der Waals surface area contributed by atoms with Gasteiger partial charge in [0.15, 0.2) is 9.84 Å². The Morgan fingerprint density at radius 2 is 1.74 bits per heavy atom. The smallest absolute Gasteiger partial charge is 0.265 e. The molecule has 4 aromatic rings. The van der Waals surface area contributed by atoms with Crippen molar-refractivity contribution < 1.29 is 22.3 Å². The summed E-state index contributed by atoms with van der Waals surface area (Å²) in [6.07, 6.45) is 1.21. The van der Waals surface area contributed by atoms with E-state index in [0.29, 0.717) is 32.6 Å². The summed E-state index contributed by atoms with van der Waals surface area (Å²) in [4.78, 5) is 13.4. The third-order valence-corrected chi connectivity index (χ3v) is 9.33. The fourth-order valence-electron chi connectivity index (χ4n) is 3.31. The van der Waals surface area contributed by atoms with E-state index >= 15 is 0 Å². The van der Waals surface area contributed by atoms with Crippen LogP contribution in [0.5, 0.6) is 11.5 Å². The van der Waals surface area contributed by atoms with E-state index in [1.54, 1.807) is 50.2 Å². The van der Waals surface area contributed by atoms with Crippen molar-refractivity contribution in [1.29, 1.82) is 0 Å². The lowest BCUT2D eigenvalue weighted by Gasteiger charge is -2.23. The number of benzene rings is 3. The van der Waals surface area contributed by atoms with E-state index in [2.05, 4.69) is 5.32 Å². The summed E-state index contributed by atoms with van der Waals surface area (Å²) in [6, 6.07) is 15.8. The van der Waals surface area contributed by atoms with E-state index in [1.165, 1.54) is 35.8 Å². The van der Waals surface area contributed by atoms with Gasteiger partial charge in [-0.15, -0.1) is 11.3 Å². The van der Waals surface area contributed by atoms with Gasteiger partial charge in [0.2, 0.25) is 0 Å². The van der Waals surface area contributed by atoms with Gasteiger partial charge >= 0.3 is 0 Å². The molecule has 0 radical (unpaired) electrons. The fraction of sp³-hybridized carbons (Fsp3) is 0.160. The highest BCUT2D eigenvalue weighted by molar-refractivity contribution is 7.91. The molecule has 182 valence electrons. The molecule has 3 aromatic carbocycles. The molecule has 0 aliphatic rings. The molecule has 35 heavy (non-hydrogen) atoms. The van der Waals surface area contributed by atoms with Gasteiger partial charge < -0.3 is 10.1 Å². The first-order valence-electron chi connectivity index (χ1n) is 10.3. The summed E-state index contributed by atoms with van der Waals surface area (Å²) in [7, 11) is -3.34. The average molecular weight is 552 g/mol. The Morgan fingerprint density at radius 1 is 1.00 bits per heavy atom. The largest absolute Gasteiger partial charge is 0.457 e. The van der Waals surface area contributed by atoms with E-state index in [1.807, 2.05) is 6.07 Å². The number of hydrogen-bond donors (Lipinski definition) is 1. The van der Waals surface area contributed by atoms with E-state index in [-0.39, 0.29) is 10.9 Å². The minimum Gasteiger partial charge on any atom is -0.457 e. The second kappa shape index (κ2) is 9.43. The van der Waals surface area contributed by atoms with Crippen LogP contribution in [0.2, 0.25) is 10.0 Å². The molecule has 1 amide bonds. The molecule has 0 atom stereocenters. The summed E-state index contributed by atoms with van der Waals surface area (Å²) >= 11 is 13.3. The van der Waals surface area contributed by atoms with Gasteiger partial charge in [-0.25, -0.2) is 12.8 Å². The zero-order valence-corrected chi connectivity index (χ0v) is 22.0. The normalized spacial score (nSPS) is 12.1. The Hall–Kier alpha value is -2.65. The highest BCUT2D eigenvalue weighted by Gasteiger charge is 2.32. The highest BCUT2D eigenvalue weighted by atomic mass is 35.5.